The van der Waals surface area contributed by atoms with Gasteiger partial charge in [-0.15, -0.1) is 0 Å². The number of methoxy groups -OCH3 is 1. The predicted molar refractivity (Wildman–Crippen MR) is 86.4 cm³/mol. The summed E-state index contributed by atoms with van der Waals surface area (Å²) >= 11 is 0. The number of esters is 1. The fourth-order valence-electron chi connectivity index (χ4n) is 1.74. The average Bonchev–Trinajstić information content (AvgIpc) is 2.59. The van der Waals surface area contributed by atoms with Crippen LogP contribution in [-0.4, -0.2) is 38.2 Å². The smallest absolute Gasteiger partial charge is 0.408 e. The van der Waals surface area contributed by atoms with Crippen LogP contribution < -0.4 is 5.32 Å². The van der Waals surface area contributed by atoms with Crippen LogP contribution in [0.15, 0.2) is 30.3 Å². The number of carbonyl (C=O) groups excluding carboxylic acids is 2. The van der Waals surface area contributed by atoms with Crippen molar-refractivity contribution >= 4 is 19.7 Å². The van der Waals surface area contributed by atoms with Gasteiger partial charge in [0.25, 0.3) is 0 Å². The largest absolute Gasteiger partial charge is 0.467 e. The van der Waals surface area contributed by atoms with Crippen molar-refractivity contribution in [2.45, 2.75) is 32.3 Å². The Hall–Kier alpha value is -1.89. The summed E-state index contributed by atoms with van der Waals surface area (Å²) in [5.74, 6) is -1.72. The fourth-order valence-corrected chi connectivity index (χ4v) is 3.11. The third-order valence-electron chi connectivity index (χ3n) is 3.11. The highest BCUT2D eigenvalue weighted by Crippen LogP contribution is 2.52. The molecule has 0 bridgehead atoms. The van der Waals surface area contributed by atoms with Crippen molar-refractivity contribution in [2.24, 2.45) is 0 Å². The quantitative estimate of drug-likeness (QED) is 0.562. The standard InChI is InChI=1S/C15H22NO7P/c1-11(14(17)20-3)23-24(19,21-4)12(2)16-15(18)22-10-13-8-6-5-7-9-13/h5-9,11-12H,10H2,1-4H3,(H,16,18)/t11-,12?,24?/m1/s1. The molecule has 1 amide bonds. The summed E-state index contributed by atoms with van der Waals surface area (Å²) in [7, 11) is -1.43. The third-order valence-corrected chi connectivity index (χ3v) is 5.30. The minimum atomic E-state index is -3.78. The van der Waals surface area contributed by atoms with Gasteiger partial charge in [0.1, 0.15) is 12.4 Å². The highest BCUT2D eigenvalue weighted by molar-refractivity contribution is 7.54. The topological polar surface area (TPSA) is 100 Å². The Morgan fingerprint density at radius 2 is 1.79 bits per heavy atom. The van der Waals surface area contributed by atoms with Crippen molar-refractivity contribution in [1.82, 2.24) is 5.32 Å². The molecular formula is C15H22NO7P. The first-order valence-electron chi connectivity index (χ1n) is 7.21. The van der Waals surface area contributed by atoms with Crippen LogP contribution in [0, 0.1) is 0 Å². The van der Waals surface area contributed by atoms with Crippen LogP contribution in [-0.2, 0) is 34.5 Å². The second-order valence-electron chi connectivity index (χ2n) is 4.88. The third kappa shape index (κ3) is 5.96. The van der Waals surface area contributed by atoms with E-state index in [4.69, 9.17) is 13.8 Å². The molecule has 0 saturated heterocycles. The molecule has 9 heteroatoms. The lowest BCUT2D eigenvalue weighted by atomic mass is 10.2. The number of alkyl carbamates (subject to hydrolysis) is 1. The van der Waals surface area contributed by atoms with E-state index in [9.17, 15) is 14.2 Å². The molecule has 0 spiro atoms. The molecule has 8 nitrogen and oxygen atoms in total. The summed E-state index contributed by atoms with van der Waals surface area (Å²) in [5.41, 5.74) is 0.811. The van der Waals surface area contributed by atoms with Crippen LogP contribution in [0.25, 0.3) is 0 Å². The van der Waals surface area contributed by atoms with Gasteiger partial charge in [-0.05, 0) is 19.4 Å². The Kier molecular flexibility index (Phi) is 7.91. The van der Waals surface area contributed by atoms with Gasteiger partial charge in [-0.25, -0.2) is 9.59 Å². The average molecular weight is 359 g/mol. The van der Waals surface area contributed by atoms with Gasteiger partial charge in [-0.1, -0.05) is 30.3 Å². The summed E-state index contributed by atoms with van der Waals surface area (Å²) < 4.78 is 32.2. The number of amides is 1. The monoisotopic (exact) mass is 359 g/mol. The minimum absolute atomic E-state index is 0.0656. The van der Waals surface area contributed by atoms with E-state index in [1.165, 1.54) is 21.0 Å². The molecule has 1 aromatic rings. The number of rotatable bonds is 8. The van der Waals surface area contributed by atoms with Crippen molar-refractivity contribution in [3.05, 3.63) is 35.9 Å². The zero-order chi connectivity index (χ0) is 18.2. The second-order valence-corrected chi connectivity index (χ2v) is 7.31. The van der Waals surface area contributed by atoms with Gasteiger partial charge in [0, 0.05) is 7.11 Å². The highest BCUT2D eigenvalue weighted by atomic mass is 31.2. The Labute approximate surface area is 141 Å². The molecule has 3 atom stereocenters. The van der Waals surface area contributed by atoms with E-state index in [1.807, 2.05) is 18.2 Å². The maximum Gasteiger partial charge on any atom is 0.408 e. The molecule has 0 aliphatic rings. The van der Waals surface area contributed by atoms with Gasteiger partial charge in [-0.2, -0.15) is 0 Å². The van der Waals surface area contributed by atoms with Crippen LogP contribution in [0.2, 0.25) is 0 Å². The molecular weight excluding hydrogens is 337 g/mol. The molecule has 0 aromatic heterocycles. The van der Waals surface area contributed by atoms with Crippen molar-refractivity contribution in [3.63, 3.8) is 0 Å². The molecule has 1 N–H and O–H groups in total. The van der Waals surface area contributed by atoms with Crippen LogP contribution in [0.3, 0.4) is 0 Å². The zero-order valence-electron chi connectivity index (χ0n) is 14.1. The molecule has 1 rings (SSSR count). The van der Waals surface area contributed by atoms with E-state index in [-0.39, 0.29) is 6.61 Å². The molecule has 0 aliphatic heterocycles. The van der Waals surface area contributed by atoms with Crippen LogP contribution in [0.5, 0.6) is 0 Å². The maximum absolute atomic E-state index is 12.6. The number of nitrogens with one attached hydrogen (secondary N) is 1. The molecule has 0 radical (unpaired) electrons. The van der Waals surface area contributed by atoms with Crippen LogP contribution >= 0.6 is 7.60 Å². The van der Waals surface area contributed by atoms with Crippen molar-refractivity contribution in [1.29, 1.82) is 0 Å². The molecule has 2 unspecified atom stereocenters. The van der Waals surface area contributed by atoms with E-state index >= 15 is 0 Å². The first-order valence-corrected chi connectivity index (χ1v) is 8.82. The number of ether oxygens (including phenoxy) is 2. The van der Waals surface area contributed by atoms with Crippen LogP contribution in [0.1, 0.15) is 19.4 Å². The summed E-state index contributed by atoms with van der Waals surface area (Å²) in [6, 6.07) is 9.09. The van der Waals surface area contributed by atoms with Gasteiger partial charge in [0.15, 0.2) is 6.10 Å². The van der Waals surface area contributed by atoms with E-state index in [0.717, 1.165) is 12.7 Å². The Bertz CT molecular complexity index is 593. The van der Waals surface area contributed by atoms with Gasteiger partial charge in [0.2, 0.25) is 0 Å². The molecule has 24 heavy (non-hydrogen) atoms. The lowest BCUT2D eigenvalue weighted by molar-refractivity contribution is -0.148. The fraction of sp³-hybridized carbons (Fsp3) is 0.467. The van der Waals surface area contributed by atoms with E-state index in [1.54, 1.807) is 12.1 Å². The number of hydrogen-bond donors (Lipinski definition) is 1. The first-order chi connectivity index (χ1) is 11.3. The van der Waals surface area contributed by atoms with Gasteiger partial charge >= 0.3 is 19.7 Å². The molecule has 0 aliphatic carbocycles. The van der Waals surface area contributed by atoms with Gasteiger partial charge < -0.3 is 19.3 Å². The number of hydrogen-bond acceptors (Lipinski definition) is 7. The molecule has 134 valence electrons. The highest BCUT2D eigenvalue weighted by Gasteiger charge is 2.37. The van der Waals surface area contributed by atoms with E-state index < -0.39 is 31.5 Å². The normalized spacial score (nSPS) is 15.7. The van der Waals surface area contributed by atoms with Crippen molar-refractivity contribution in [2.75, 3.05) is 14.2 Å². The Morgan fingerprint density at radius 1 is 1.17 bits per heavy atom. The molecule has 0 saturated carbocycles. The second kappa shape index (κ2) is 9.42. The minimum Gasteiger partial charge on any atom is -0.467 e. The van der Waals surface area contributed by atoms with Crippen molar-refractivity contribution in [3.8, 4) is 0 Å². The summed E-state index contributed by atoms with van der Waals surface area (Å²) in [6.07, 6.45) is -1.89. The Balaban J connectivity index is 2.59. The SMILES string of the molecule is COC(=O)[C@@H](C)OP(=O)(OC)C(C)NC(=O)OCc1ccccc1. The van der Waals surface area contributed by atoms with Gasteiger partial charge in [-0.3, -0.25) is 9.09 Å². The molecule has 0 heterocycles. The number of benzene rings is 1. The predicted octanol–water partition coefficient (Wildman–Crippen LogP) is 2.68. The maximum atomic E-state index is 12.6. The van der Waals surface area contributed by atoms with E-state index in [0.29, 0.717) is 0 Å². The van der Waals surface area contributed by atoms with Crippen LogP contribution in [0.4, 0.5) is 4.79 Å². The Morgan fingerprint density at radius 3 is 2.33 bits per heavy atom. The van der Waals surface area contributed by atoms with Crippen molar-refractivity contribution < 1.29 is 32.7 Å². The number of carbonyl (C=O) groups is 2. The van der Waals surface area contributed by atoms with Gasteiger partial charge in [0.05, 0.1) is 7.11 Å². The lowest BCUT2D eigenvalue weighted by Gasteiger charge is -2.25. The lowest BCUT2D eigenvalue weighted by Crippen LogP contribution is -2.35. The summed E-state index contributed by atoms with van der Waals surface area (Å²) in [6.45, 7) is 2.87. The first kappa shape index (κ1) is 20.2. The summed E-state index contributed by atoms with van der Waals surface area (Å²) in [4.78, 5) is 23.2. The molecule has 1 aromatic carbocycles. The van der Waals surface area contributed by atoms with E-state index in [2.05, 4.69) is 10.1 Å². The molecule has 0 fully saturated rings. The summed E-state index contributed by atoms with van der Waals surface area (Å²) in [5, 5.41) is 2.38. The zero-order valence-corrected chi connectivity index (χ0v) is 14.9.